The molecule has 0 amide bonds. The largest absolute Gasteiger partial charge is 0.475 e. The number of hydrogen-bond acceptors (Lipinski definition) is 4. The van der Waals surface area contributed by atoms with Crippen molar-refractivity contribution >= 4 is 17.5 Å². The molecular formula is C27H29ClN2O2. The highest BCUT2D eigenvalue weighted by atomic mass is 35.5. The lowest BCUT2D eigenvalue weighted by molar-refractivity contribution is 0.217. The molecule has 0 fully saturated rings. The van der Waals surface area contributed by atoms with Gasteiger partial charge in [0.1, 0.15) is 17.9 Å². The van der Waals surface area contributed by atoms with Crippen molar-refractivity contribution in [3.63, 3.8) is 0 Å². The van der Waals surface area contributed by atoms with Crippen LogP contribution in [0, 0.1) is 6.92 Å². The first-order chi connectivity index (χ1) is 15.3. The Balaban J connectivity index is 1.68. The number of ether oxygens (including phenoxy) is 1. The summed E-state index contributed by atoms with van der Waals surface area (Å²) in [6, 6.07) is 18.0. The molecule has 1 aromatic heterocycles. The van der Waals surface area contributed by atoms with E-state index in [2.05, 4.69) is 31.8 Å². The van der Waals surface area contributed by atoms with Gasteiger partial charge < -0.3 is 9.84 Å². The number of pyridine rings is 1. The first-order valence-corrected chi connectivity index (χ1v) is 11.4. The maximum Gasteiger partial charge on any atom is 0.217 e. The second-order valence-electron chi connectivity index (χ2n) is 8.96. The molecule has 0 spiro atoms. The van der Waals surface area contributed by atoms with Crippen molar-refractivity contribution < 1.29 is 9.84 Å². The van der Waals surface area contributed by atoms with E-state index < -0.39 is 6.10 Å². The van der Waals surface area contributed by atoms with Gasteiger partial charge in [-0.2, -0.15) is 0 Å². The quantitative estimate of drug-likeness (QED) is 0.450. The lowest BCUT2D eigenvalue weighted by Gasteiger charge is -2.19. The van der Waals surface area contributed by atoms with Crippen LogP contribution >= 0.6 is 11.6 Å². The first kappa shape index (κ1) is 22.5. The summed E-state index contributed by atoms with van der Waals surface area (Å²) in [5.74, 6) is 0.682. The second kappa shape index (κ2) is 9.05. The van der Waals surface area contributed by atoms with Gasteiger partial charge in [0, 0.05) is 16.8 Å². The van der Waals surface area contributed by atoms with Crippen molar-refractivity contribution in [2.45, 2.75) is 52.2 Å². The van der Waals surface area contributed by atoms with E-state index in [9.17, 15) is 5.11 Å². The average molecular weight is 449 g/mol. The Kier molecular flexibility index (Phi) is 6.36. The zero-order valence-electron chi connectivity index (χ0n) is 19.0. The molecule has 2 aromatic carbocycles. The van der Waals surface area contributed by atoms with Crippen LogP contribution in [-0.4, -0.2) is 28.1 Å². The fourth-order valence-electron chi connectivity index (χ4n) is 4.16. The zero-order chi connectivity index (χ0) is 22.9. The summed E-state index contributed by atoms with van der Waals surface area (Å²) in [4.78, 5) is 9.22. The number of aryl methyl sites for hydroxylation is 2. The molecule has 1 aliphatic rings. The van der Waals surface area contributed by atoms with Crippen molar-refractivity contribution in [1.29, 1.82) is 0 Å². The lowest BCUT2D eigenvalue weighted by atomic mass is 9.92. The summed E-state index contributed by atoms with van der Waals surface area (Å²) in [7, 11) is 0. The van der Waals surface area contributed by atoms with E-state index in [1.54, 1.807) is 0 Å². The van der Waals surface area contributed by atoms with Gasteiger partial charge in [-0.3, -0.25) is 0 Å². The molecule has 4 nitrogen and oxygen atoms in total. The molecule has 0 aliphatic carbocycles. The number of halogens is 1. The number of aliphatic hydroxyl groups excluding tert-OH is 1. The highest BCUT2D eigenvalue weighted by molar-refractivity contribution is 6.29. The molecule has 1 N–H and O–H groups in total. The Morgan fingerprint density at radius 1 is 1.09 bits per heavy atom. The third-order valence-corrected chi connectivity index (χ3v) is 5.93. The number of aromatic nitrogens is 1. The van der Waals surface area contributed by atoms with E-state index in [1.165, 1.54) is 0 Å². The van der Waals surface area contributed by atoms with Crippen LogP contribution in [0.2, 0.25) is 5.15 Å². The van der Waals surface area contributed by atoms with Crippen molar-refractivity contribution in [3.8, 4) is 11.1 Å². The van der Waals surface area contributed by atoms with E-state index >= 15 is 0 Å². The molecule has 0 saturated heterocycles. The number of rotatable bonds is 6. The molecule has 0 bridgehead atoms. The van der Waals surface area contributed by atoms with Gasteiger partial charge in [0.05, 0.1) is 5.54 Å². The third-order valence-electron chi connectivity index (χ3n) is 5.73. The predicted molar refractivity (Wildman–Crippen MR) is 130 cm³/mol. The van der Waals surface area contributed by atoms with Gasteiger partial charge in [-0.05, 0) is 61.6 Å². The molecule has 3 aromatic rings. The van der Waals surface area contributed by atoms with Crippen molar-refractivity contribution in [1.82, 2.24) is 4.98 Å². The van der Waals surface area contributed by atoms with Crippen molar-refractivity contribution in [2.75, 3.05) is 6.61 Å². The molecule has 4 rings (SSSR count). The van der Waals surface area contributed by atoms with Gasteiger partial charge >= 0.3 is 0 Å². The van der Waals surface area contributed by atoms with Crippen molar-refractivity contribution in [3.05, 3.63) is 87.7 Å². The van der Waals surface area contributed by atoms with Crippen LogP contribution in [0.15, 0.2) is 59.6 Å². The van der Waals surface area contributed by atoms with Crippen LogP contribution < -0.4 is 0 Å². The molecule has 1 aliphatic heterocycles. The predicted octanol–water partition coefficient (Wildman–Crippen LogP) is 6.30. The molecular weight excluding hydrogens is 420 g/mol. The smallest absolute Gasteiger partial charge is 0.217 e. The summed E-state index contributed by atoms with van der Waals surface area (Å²) in [6.45, 7) is 8.79. The summed E-state index contributed by atoms with van der Waals surface area (Å²) >= 11 is 6.17. The Morgan fingerprint density at radius 2 is 1.78 bits per heavy atom. The van der Waals surface area contributed by atoms with E-state index in [0.29, 0.717) is 17.7 Å². The fraction of sp³-hybridized carbons (Fsp3) is 0.333. The van der Waals surface area contributed by atoms with Gasteiger partial charge in [-0.1, -0.05) is 67.4 Å². The molecule has 5 heteroatoms. The Morgan fingerprint density at radius 3 is 2.41 bits per heavy atom. The minimum atomic E-state index is -0.756. The zero-order valence-corrected chi connectivity index (χ0v) is 19.8. The summed E-state index contributed by atoms with van der Waals surface area (Å²) < 4.78 is 5.89. The van der Waals surface area contributed by atoms with Gasteiger partial charge in [-0.25, -0.2) is 9.98 Å². The number of nitrogens with zero attached hydrogens (tertiary/aromatic N) is 2. The van der Waals surface area contributed by atoms with E-state index in [-0.39, 0.29) is 5.54 Å². The molecule has 166 valence electrons. The Bertz CT molecular complexity index is 1150. The SMILES string of the molecule is CCCc1nc(Cl)cc(C)c1C(O)c1ccc(-c2ccccc2C2=NC(C)(C)CO2)cc1. The van der Waals surface area contributed by atoms with Crippen LogP contribution in [0.1, 0.15) is 61.2 Å². The molecule has 1 atom stereocenters. The fourth-order valence-corrected chi connectivity index (χ4v) is 4.43. The first-order valence-electron chi connectivity index (χ1n) is 11.1. The normalized spacial score (nSPS) is 15.9. The minimum Gasteiger partial charge on any atom is -0.475 e. The van der Waals surface area contributed by atoms with Gasteiger partial charge in [0.15, 0.2) is 0 Å². The minimum absolute atomic E-state index is 0.211. The van der Waals surface area contributed by atoms with Gasteiger partial charge in [0.25, 0.3) is 0 Å². The summed E-state index contributed by atoms with van der Waals surface area (Å²) in [5.41, 5.74) is 6.36. The van der Waals surface area contributed by atoms with Crippen LogP contribution in [-0.2, 0) is 11.2 Å². The highest BCUT2D eigenvalue weighted by Gasteiger charge is 2.28. The number of aliphatic imine (C=N–C) groups is 1. The maximum atomic E-state index is 11.2. The van der Waals surface area contributed by atoms with Gasteiger partial charge in [-0.15, -0.1) is 0 Å². The maximum absolute atomic E-state index is 11.2. The monoisotopic (exact) mass is 448 g/mol. The van der Waals surface area contributed by atoms with Crippen molar-refractivity contribution in [2.24, 2.45) is 4.99 Å². The van der Waals surface area contributed by atoms with E-state index in [0.717, 1.165) is 51.9 Å². The molecule has 32 heavy (non-hydrogen) atoms. The number of hydrogen-bond donors (Lipinski definition) is 1. The lowest BCUT2D eigenvalue weighted by Crippen LogP contribution is -2.17. The van der Waals surface area contributed by atoms with Crippen LogP contribution in [0.4, 0.5) is 0 Å². The second-order valence-corrected chi connectivity index (χ2v) is 9.35. The number of benzene rings is 2. The average Bonchev–Trinajstić information content (AvgIpc) is 3.13. The molecule has 1 unspecified atom stereocenters. The number of aliphatic hydroxyl groups is 1. The molecule has 2 heterocycles. The van der Waals surface area contributed by atoms with E-state index in [4.69, 9.17) is 21.3 Å². The van der Waals surface area contributed by atoms with Crippen LogP contribution in [0.3, 0.4) is 0 Å². The third kappa shape index (κ3) is 4.57. The molecule has 0 radical (unpaired) electrons. The van der Waals surface area contributed by atoms with Crippen LogP contribution in [0.25, 0.3) is 11.1 Å². The summed E-state index contributed by atoms with van der Waals surface area (Å²) in [5, 5.41) is 11.7. The van der Waals surface area contributed by atoms with Gasteiger partial charge in [0.2, 0.25) is 5.90 Å². The standard InChI is InChI=1S/C27H29ClN2O2/c1-5-8-22-24(17(2)15-23(28)29-22)25(31)19-13-11-18(12-14-19)20-9-6-7-10-21(20)26-30-27(3,4)16-32-26/h6-7,9-15,25,31H,5,8,16H2,1-4H3. The van der Waals surface area contributed by atoms with E-state index in [1.807, 2.05) is 55.5 Å². The van der Waals surface area contributed by atoms with Crippen LogP contribution in [0.5, 0.6) is 0 Å². The topological polar surface area (TPSA) is 54.7 Å². The summed E-state index contributed by atoms with van der Waals surface area (Å²) in [6.07, 6.45) is 0.955. The highest BCUT2D eigenvalue weighted by Crippen LogP contribution is 2.33. The molecule has 0 saturated carbocycles. The Hall–Kier alpha value is -2.69. The Labute approximate surface area is 195 Å².